The van der Waals surface area contributed by atoms with Crippen LogP contribution in [0.4, 0.5) is 0 Å². The molecule has 0 aliphatic heterocycles. The molecular weight excluding hydrogens is 254 g/mol. The molecule has 2 aromatic rings. The van der Waals surface area contributed by atoms with Gasteiger partial charge in [0.15, 0.2) is 0 Å². The number of likely N-dealkylation sites (N-methyl/N-ethyl adjacent to an activating group) is 1. The van der Waals surface area contributed by atoms with Crippen LogP contribution in [0.5, 0.6) is 0 Å². The number of hydrogen-bond acceptors (Lipinski definition) is 4. The predicted octanol–water partition coefficient (Wildman–Crippen LogP) is 2.75. The smallest absolute Gasteiger partial charge is 0.0543 e. The van der Waals surface area contributed by atoms with Gasteiger partial charge in [0.2, 0.25) is 0 Å². The van der Waals surface area contributed by atoms with Gasteiger partial charge in [-0.15, -0.1) is 11.3 Å². The van der Waals surface area contributed by atoms with Crippen LogP contribution in [0.15, 0.2) is 41.9 Å². The minimum absolute atomic E-state index is 0.488. The fourth-order valence-corrected chi connectivity index (χ4v) is 2.55. The Morgan fingerprint density at radius 1 is 1.32 bits per heavy atom. The summed E-state index contributed by atoms with van der Waals surface area (Å²) in [7, 11) is 2.15. The quantitative estimate of drug-likeness (QED) is 0.842. The molecule has 1 atom stereocenters. The van der Waals surface area contributed by atoms with Crippen LogP contribution in [0, 0.1) is 0 Å². The number of nitrogens with zero attached hydrogens (tertiary/aromatic N) is 2. The Bertz CT molecular complexity index is 456. The number of rotatable bonds is 7. The molecule has 0 saturated heterocycles. The van der Waals surface area contributed by atoms with Crippen LogP contribution in [0.1, 0.15) is 17.5 Å². The number of hydrogen-bond donors (Lipinski definition) is 1. The summed E-state index contributed by atoms with van der Waals surface area (Å²) in [6.07, 6.45) is 1.85. The van der Waals surface area contributed by atoms with E-state index in [-0.39, 0.29) is 0 Å². The second-order valence-corrected chi connectivity index (χ2v) is 5.83. The Balaban J connectivity index is 1.71. The van der Waals surface area contributed by atoms with Gasteiger partial charge in [-0.25, -0.2) is 0 Å². The summed E-state index contributed by atoms with van der Waals surface area (Å²) in [6.45, 7) is 5.08. The van der Waals surface area contributed by atoms with Crippen molar-refractivity contribution in [3.63, 3.8) is 0 Å². The fourth-order valence-electron chi connectivity index (χ4n) is 1.88. The third-order valence-electron chi connectivity index (χ3n) is 3.21. The maximum atomic E-state index is 4.36. The lowest BCUT2D eigenvalue weighted by molar-refractivity contribution is 0.240. The number of aromatic nitrogens is 1. The van der Waals surface area contributed by atoms with Crippen molar-refractivity contribution in [1.82, 2.24) is 15.2 Å². The van der Waals surface area contributed by atoms with Crippen molar-refractivity contribution in [1.29, 1.82) is 0 Å². The maximum absolute atomic E-state index is 4.36. The van der Waals surface area contributed by atoms with Gasteiger partial charge in [-0.1, -0.05) is 12.1 Å². The van der Waals surface area contributed by atoms with Crippen molar-refractivity contribution in [3.8, 4) is 0 Å². The van der Waals surface area contributed by atoms with Crippen molar-refractivity contribution in [2.24, 2.45) is 0 Å². The SMILES string of the molecule is CC(CNCc1cccs1)N(C)Cc1ccccn1. The van der Waals surface area contributed by atoms with Gasteiger partial charge in [-0.3, -0.25) is 9.88 Å². The first-order chi connectivity index (χ1) is 9.25. The highest BCUT2D eigenvalue weighted by atomic mass is 32.1. The molecule has 2 rings (SSSR count). The fraction of sp³-hybridized carbons (Fsp3) is 0.400. The van der Waals surface area contributed by atoms with Crippen molar-refractivity contribution in [2.75, 3.05) is 13.6 Å². The predicted molar refractivity (Wildman–Crippen MR) is 81.2 cm³/mol. The van der Waals surface area contributed by atoms with Gasteiger partial charge in [-0.2, -0.15) is 0 Å². The van der Waals surface area contributed by atoms with E-state index in [1.54, 1.807) is 11.3 Å². The zero-order valence-corrected chi connectivity index (χ0v) is 12.4. The second kappa shape index (κ2) is 7.38. The molecule has 1 N–H and O–H groups in total. The van der Waals surface area contributed by atoms with Crippen LogP contribution < -0.4 is 5.32 Å². The summed E-state index contributed by atoms with van der Waals surface area (Å²) >= 11 is 1.80. The van der Waals surface area contributed by atoms with E-state index in [4.69, 9.17) is 0 Å². The Kier molecular flexibility index (Phi) is 5.51. The Hall–Kier alpha value is -1.23. The van der Waals surface area contributed by atoms with E-state index in [0.717, 1.165) is 25.3 Å². The number of pyridine rings is 1. The summed E-state index contributed by atoms with van der Waals surface area (Å²) in [5.41, 5.74) is 1.12. The van der Waals surface area contributed by atoms with Crippen LogP contribution >= 0.6 is 11.3 Å². The topological polar surface area (TPSA) is 28.2 Å². The van der Waals surface area contributed by atoms with Gasteiger partial charge < -0.3 is 5.32 Å². The molecule has 0 aliphatic carbocycles. The molecule has 0 saturated carbocycles. The highest BCUT2D eigenvalue weighted by molar-refractivity contribution is 7.09. The average Bonchev–Trinajstić information content (AvgIpc) is 2.93. The Labute approximate surface area is 119 Å². The standard InChI is InChI=1S/C15H21N3S/c1-13(10-16-11-15-7-5-9-19-15)18(2)12-14-6-3-4-8-17-14/h3-9,13,16H,10-12H2,1-2H3. The number of thiophene rings is 1. The van der Waals surface area contributed by atoms with E-state index in [9.17, 15) is 0 Å². The van der Waals surface area contributed by atoms with Crippen molar-refractivity contribution >= 4 is 11.3 Å². The van der Waals surface area contributed by atoms with Crippen molar-refractivity contribution in [3.05, 3.63) is 52.5 Å². The molecule has 2 heterocycles. The van der Waals surface area contributed by atoms with Gasteiger partial charge in [0.1, 0.15) is 0 Å². The molecule has 3 nitrogen and oxygen atoms in total. The summed E-state index contributed by atoms with van der Waals surface area (Å²) in [5.74, 6) is 0. The molecule has 0 amide bonds. The van der Waals surface area contributed by atoms with E-state index in [1.165, 1.54) is 4.88 Å². The largest absolute Gasteiger partial charge is 0.310 e. The molecule has 0 radical (unpaired) electrons. The summed E-state index contributed by atoms with van der Waals surface area (Å²) in [6, 6.07) is 10.8. The highest BCUT2D eigenvalue weighted by Gasteiger charge is 2.09. The molecule has 0 aromatic carbocycles. The number of nitrogens with one attached hydrogen (secondary N) is 1. The zero-order valence-electron chi connectivity index (χ0n) is 11.5. The maximum Gasteiger partial charge on any atom is 0.0543 e. The monoisotopic (exact) mass is 275 g/mol. The second-order valence-electron chi connectivity index (χ2n) is 4.80. The van der Waals surface area contributed by atoms with Gasteiger partial charge in [0.05, 0.1) is 5.69 Å². The molecular formula is C15H21N3S. The summed E-state index contributed by atoms with van der Waals surface area (Å²) in [4.78, 5) is 8.07. The van der Waals surface area contributed by atoms with Gasteiger partial charge in [0, 0.05) is 36.8 Å². The lowest BCUT2D eigenvalue weighted by Gasteiger charge is -2.24. The van der Waals surface area contributed by atoms with Crippen molar-refractivity contribution < 1.29 is 0 Å². The van der Waals surface area contributed by atoms with E-state index in [0.29, 0.717) is 6.04 Å². The third kappa shape index (κ3) is 4.74. The molecule has 0 fully saturated rings. The first-order valence-electron chi connectivity index (χ1n) is 6.59. The van der Waals surface area contributed by atoms with Gasteiger partial charge in [-0.05, 0) is 37.6 Å². The normalized spacial score (nSPS) is 12.8. The van der Waals surface area contributed by atoms with E-state index >= 15 is 0 Å². The minimum atomic E-state index is 0.488. The molecule has 1 unspecified atom stereocenters. The molecule has 0 aliphatic rings. The Morgan fingerprint density at radius 2 is 2.21 bits per heavy atom. The van der Waals surface area contributed by atoms with Crippen LogP contribution in [0.3, 0.4) is 0 Å². The van der Waals surface area contributed by atoms with Crippen LogP contribution in [-0.2, 0) is 13.1 Å². The van der Waals surface area contributed by atoms with Crippen molar-refractivity contribution in [2.45, 2.75) is 26.1 Å². The van der Waals surface area contributed by atoms with E-state index in [2.05, 4.69) is 52.8 Å². The highest BCUT2D eigenvalue weighted by Crippen LogP contribution is 2.08. The first-order valence-corrected chi connectivity index (χ1v) is 7.47. The van der Waals surface area contributed by atoms with E-state index in [1.807, 2.05) is 18.3 Å². The molecule has 0 bridgehead atoms. The summed E-state index contributed by atoms with van der Waals surface area (Å²) < 4.78 is 0. The van der Waals surface area contributed by atoms with Crippen LogP contribution in [0.25, 0.3) is 0 Å². The first kappa shape index (κ1) is 14.2. The van der Waals surface area contributed by atoms with Crippen LogP contribution in [-0.4, -0.2) is 29.5 Å². The summed E-state index contributed by atoms with van der Waals surface area (Å²) in [5, 5.41) is 5.62. The Morgan fingerprint density at radius 3 is 2.89 bits per heavy atom. The molecule has 2 aromatic heterocycles. The molecule has 4 heteroatoms. The van der Waals surface area contributed by atoms with Crippen LogP contribution in [0.2, 0.25) is 0 Å². The lowest BCUT2D eigenvalue weighted by atomic mass is 10.2. The van der Waals surface area contributed by atoms with Gasteiger partial charge >= 0.3 is 0 Å². The minimum Gasteiger partial charge on any atom is -0.310 e. The third-order valence-corrected chi connectivity index (χ3v) is 4.09. The lowest BCUT2D eigenvalue weighted by Crippen LogP contribution is -2.37. The van der Waals surface area contributed by atoms with Gasteiger partial charge in [0.25, 0.3) is 0 Å². The molecule has 102 valence electrons. The zero-order chi connectivity index (χ0) is 13.5. The molecule has 0 spiro atoms. The molecule has 19 heavy (non-hydrogen) atoms. The average molecular weight is 275 g/mol. The van der Waals surface area contributed by atoms with E-state index < -0.39 is 0 Å².